The standard InChI is InChI=1S/C24H29NO4/c1-25-11-10-23-18-14-5-6-15(26)19(18)29-20(23)24(28-2)9-8-21(23,16(25)12-14)13-22(24)7-3-4-17(22)27/h5-6,8-9,16-17,20,26-27H,3-4,7,10-13H2,1-2H3/t16?,17-,20+,21?,22?,23?,24+/m1/s1. The first-order valence-corrected chi connectivity index (χ1v) is 11.1. The molecule has 29 heavy (non-hydrogen) atoms. The summed E-state index contributed by atoms with van der Waals surface area (Å²) in [5.74, 6) is 0.918. The smallest absolute Gasteiger partial charge is 0.165 e. The van der Waals surface area contributed by atoms with Gasteiger partial charge in [-0.25, -0.2) is 0 Å². The maximum absolute atomic E-state index is 11.3. The zero-order chi connectivity index (χ0) is 19.8. The third kappa shape index (κ3) is 1.45. The molecule has 7 atom stereocenters. The molecule has 154 valence electrons. The Labute approximate surface area is 171 Å². The minimum atomic E-state index is -0.662. The van der Waals surface area contributed by atoms with Crippen LogP contribution in [0.5, 0.6) is 11.5 Å². The number of nitrogens with zero attached hydrogens (tertiary/aromatic N) is 1. The lowest BCUT2D eigenvalue weighted by molar-refractivity contribution is -0.266. The van der Waals surface area contributed by atoms with Gasteiger partial charge in [0.2, 0.25) is 0 Å². The number of phenolic OH excluding ortho intramolecular Hbond substituents is 1. The Hall–Kier alpha value is -1.56. The van der Waals surface area contributed by atoms with Crippen LogP contribution >= 0.6 is 0 Å². The number of aromatic hydroxyl groups is 1. The molecular weight excluding hydrogens is 366 g/mol. The molecule has 1 saturated heterocycles. The predicted octanol–water partition coefficient (Wildman–Crippen LogP) is 2.53. The minimum Gasteiger partial charge on any atom is -0.504 e. The number of hydrogen-bond acceptors (Lipinski definition) is 5. The van der Waals surface area contributed by atoms with E-state index in [0.717, 1.165) is 45.1 Å². The van der Waals surface area contributed by atoms with Crippen molar-refractivity contribution in [3.63, 3.8) is 0 Å². The predicted molar refractivity (Wildman–Crippen MR) is 107 cm³/mol. The van der Waals surface area contributed by atoms with E-state index in [1.165, 1.54) is 11.1 Å². The molecule has 2 N–H and O–H groups in total. The third-order valence-corrected chi connectivity index (χ3v) is 10.1. The van der Waals surface area contributed by atoms with Crippen molar-refractivity contribution in [1.82, 2.24) is 4.90 Å². The van der Waals surface area contributed by atoms with Gasteiger partial charge in [0.15, 0.2) is 11.5 Å². The van der Waals surface area contributed by atoms with Crippen molar-refractivity contribution in [2.24, 2.45) is 10.8 Å². The molecular formula is C24H29NO4. The minimum absolute atomic E-state index is 0.0949. The van der Waals surface area contributed by atoms with Crippen molar-refractivity contribution in [3.05, 3.63) is 35.4 Å². The molecule has 3 fully saturated rings. The molecule has 3 spiro atoms. The maximum Gasteiger partial charge on any atom is 0.165 e. The fourth-order valence-corrected chi connectivity index (χ4v) is 9.04. The van der Waals surface area contributed by atoms with Gasteiger partial charge in [-0.3, -0.25) is 0 Å². The molecule has 4 bridgehead atoms. The van der Waals surface area contributed by atoms with Crippen molar-refractivity contribution in [2.45, 2.75) is 67.8 Å². The zero-order valence-corrected chi connectivity index (χ0v) is 17.1. The molecule has 2 heterocycles. The monoisotopic (exact) mass is 395 g/mol. The molecule has 8 rings (SSSR count). The average Bonchev–Trinajstić information content (AvgIpc) is 3.26. The van der Waals surface area contributed by atoms with Gasteiger partial charge in [-0.2, -0.15) is 0 Å². The van der Waals surface area contributed by atoms with Crippen LogP contribution in [0.2, 0.25) is 0 Å². The summed E-state index contributed by atoms with van der Waals surface area (Å²) in [4.78, 5) is 2.53. The molecule has 5 nitrogen and oxygen atoms in total. The van der Waals surface area contributed by atoms with E-state index in [9.17, 15) is 10.2 Å². The Morgan fingerprint density at radius 3 is 2.86 bits per heavy atom. The van der Waals surface area contributed by atoms with Gasteiger partial charge in [0, 0.05) is 29.5 Å². The second-order valence-electron chi connectivity index (χ2n) is 10.5. The van der Waals surface area contributed by atoms with Crippen molar-refractivity contribution in [1.29, 1.82) is 0 Å². The van der Waals surface area contributed by atoms with Crippen LogP contribution in [0.15, 0.2) is 24.3 Å². The van der Waals surface area contributed by atoms with Crippen LogP contribution in [0.3, 0.4) is 0 Å². The van der Waals surface area contributed by atoms with E-state index in [1.807, 2.05) is 0 Å². The molecule has 5 heteroatoms. The van der Waals surface area contributed by atoms with Crippen LogP contribution < -0.4 is 4.74 Å². The molecule has 0 amide bonds. The highest BCUT2D eigenvalue weighted by Crippen LogP contribution is 2.78. The number of ether oxygens (including phenoxy) is 2. The van der Waals surface area contributed by atoms with Crippen LogP contribution in [0.4, 0.5) is 0 Å². The molecule has 5 aliphatic carbocycles. The van der Waals surface area contributed by atoms with Crippen LogP contribution in [0.1, 0.15) is 43.2 Å². The Bertz CT molecular complexity index is 976. The number of likely N-dealkylation sites (N-methyl/N-ethyl adjacent to an activating group) is 1. The van der Waals surface area contributed by atoms with Gasteiger partial charge in [-0.15, -0.1) is 0 Å². The highest BCUT2D eigenvalue weighted by atomic mass is 16.6. The number of hydrogen-bond donors (Lipinski definition) is 2. The number of methoxy groups -OCH3 is 1. The molecule has 7 aliphatic rings. The van der Waals surface area contributed by atoms with Crippen molar-refractivity contribution in [2.75, 3.05) is 20.7 Å². The molecule has 2 aliphatic heterocycles. The van der Waals surface area contributed by atoms with Gasteiger partial charge in [-0.05, 0) is 57.3 Å². The Balaban J connectivity index is 1.60. The molecule has 2 saturated carbocycles. The van der Waals surface area contributed by atoms with E-state index in [0.29, 0.717) is 11.8 Å². The van der Waals surface area contributed by atoms with E-state index in [-0.39, 0.29) is 34.2 Å². The van der Waals surface area contributed by atoms with Crippen LogP contribution in [-0.4, -0.2) is 59.7 Å². The number of likely N-dealkylation sites (tertiary alicyclic amines) is 1. The van der Waals surface area contributed by atoms with Gasteiger partial charge in [-0.1, -0.05) is 24.6 Å². The Morgan fingerprint density at radius 2 is 2.10 bits per heavy atom. The summed E-state index contributed by atoms with van der Waals surface area (Å²) in [5, 5.41) is 22.1. The first-order chi connectivity index (χ1) is 14.0. The lowest BCUT2D eigenvalue weighted by Crippen LogP contribution is -2.82. The summed E-state index contributed by atoms with van der Waals surface area (Å²) in [6, 6.07) is 4.28. The van der Waals surface area contributed by atoms with Gasteiger partial charge < -0.3 is 24.6 Å². The van der Waals surface area contributed by atoms with Crippen LogP contribution in [0.25, 0.3) is 0 Å². The second kappa shape index (κ2) is 4.84. The van der Waals surface area contributed by atoms with E-state index in [2.05, 4.69) is 30.2 Å². The normalized spacial score (nSPS) is 50.8. The fourth-order valence-electron chi connectivity index (χ4n) is 9.04. The first-order valence-electron chi connectivity index (χ1n) is 11.1. The molecule has 0 aromatic heterocycles. The van der Waals surface area contributed by atoms with Crippen molar-refractivity contribution < 1.29 is 19.7 Å². The van der Waals surface area contributed by atoms with Crippen molar-refractivity contribution >= 4 is 0 Å². The summed E-state index contributed by atoms with van der Waals surface area (Å²) in [6.07, 6.45) is 9.84. The summed E-state index contributed by atoms with van der Waals surface area (Å²) in [6.45, 7) is 1.02. The molecule has 1 aromatic rings. The number of benzene rings is 1. The zero-order valence-electron chi connectivity index (χ0n) is 17.1. The third-order valence-electron chi connectivity index (χ3n) is 10.1. The van der Waals surface area contributed by atoms with Crippen molar-refractivity contribution in [3.8, 4) is 11.5 Å². The summed E-state index contributed by atoms with van der Waals surface area (Å²) < 4.78 is 13.2. The van der Waals surface area contributed by atoms with E-state index >= 15 is 0 Å². The summed E-state index contributed by atoms with van der Waals surface area (Å²) in [5.41, 5.74) is 1.28. The lowest BCUT2D eigenvalue weighted by atomic mass is 9.33. The SMILES string of the molecule is CO[C@]12C=CC3(CC14CCC[C@H]4O)C1Cc4ccc(O)c5c4C3(CCN1C)[C@@H]2O5. The van der Waals surface area contributed by atoms with Gasteiger partial charge >= 0.3 is 0 Å². The number of aliphatic hydroxyl groups is 1. The van der Waals surface area contributed by atoms with Crippen LogP contribution in [-0.2, 0) is 16.6 Å². The average molecular weight is 395 g/mol. The Kier molecular flexibility index (Phi) is 2.86. The molecule has 1 aromatic carbocycles. The number of phenols is 1. The lowest BCUT2D eigenvalue weighted by Gasteiger charge is -2.74. The fraction of sp³-hybridized carbons (Fsp3) is 0.667. The van der Waals surface area contributed by atoms with Gasteiger partial charge in [0.25, 0.3) is 0 Å². The molecule has 4 unspecified atom stereocenters. The number of rotatable bonds is 1. The maximum atomic E-state index is 11.3. The molecule has 0 radical (unpaired) electrons. The first kappa shape index (κ1) is 17.2. The topological polar surface area (TPSA) is 62.2 Å². The van der Waals surface area contributed by atoms with Crippen LogP contribution in [0, 0.1) is 10.8 Å². The van der Waals surface area contributed by atoms with E-state index in [4.69, 9.17) is 9.47 Å². The largest absolute Gasteiger partial charge is 0.504 e. The highest BCUT2D eigenvalue weighted by molar-refractivity contribution is 5.65. The summed E-state index contributed by atoms with van der Waals surface area (Å²) in [7, 11) is 4.04. The number of aliphatic hydroxyl groups excluding tert-OH is 1. The second-order valence-corrected chi connectivity index (χ2v) is 10.5. The van der Waals surface area contributed by atoms with Gasteiger partial charge in [0.05, 0.1) is 11.5 Å². The quantitative estimate of drug-likeness (QED) is 0.716. The van der Waals surface area contributed by atoms with E-state index in [1.54, 1.807) is 13.2 Å². The van der Waals surface area contributed by atoms with Gasteiger partial charge in [0.1, 0.15) is 11.7 Å². The number of piperidine rings is 1. The van der Waals surface area contributed by atoms with E-state index < -0.39 is 5.60 Å². The Morgan fingerprint density at radius 1 is 1.24 bits per heavy atom. The highest BCUT2D eigenvalue weighted by Gasteiger charge is 2.83. The summed E-state index contributed by atoms with van der Waals surface area (Å²) >= 11 is 0.